The van der Waals surface area contributed by atoms with E-state index in [1.165, 1.54) is 0 Å². The first kappa shape index (κ1) is 13.8. The van der Waals surface area contributed by atoms with Gasteiger partial charge in [-0.1, -0.05) is 0 Å². The van der Waals surface area contributed by atoms with E-state index < -0.39 is 0 Å². The van der Waals surface area contributed by atoms with E-state index in [0.717, 1.165) is 19.4 Å². The first-order chi connectivity index (χ1) is 10.2. The van der Waals surface area contributed by atoms with Gasteiger partial charge < -0.3 is 14.6 Å². The fourth-order valence-electron chi connectivity index (χ4n) is 2.55. The normalized spacial score (nSPS) is 18.2. The van der Waals surface area contributed by atoms with Gasteiger partial charge in [-0.25, -0.2) is 5.10 Å². The van der Waals surface area contributed by atoms with Crippen molar-refractivity contribution in [3.05, 3.63) is 28.3 Å². The number of H-pyrrole nitrogens is 1. The van der Waals surface area contributed by atoms with Crippen LogP contribution in [0.3, 0.4) is 0 Å². The maximum Gasteiger partial charge on any atom is 0.275 e. The zero-order valence-electron chi connectivity index (χ0n) is 11.9. The van der Waals surface area contributed by atoms with Gasteiger partial charge in [0.2, 0.25) is 0 Å². The lowest BCUT2D eigenvalue weighted by atomic mass is 10.1. The lowest BCUT2D eigenvalue weighted by Gasteiger charge is -2.13. The molecule has 0 aromatic heterocycles. The van der Waals surface area contributed by atoms with Crippen LogP contribution in [0.25, 0.3) is 11.3 Å². The lowest BCUT2D eigenvalue weighted by molar-refractivity contribution is 0.0857. The number of rotatable bonds is 4. The highest BCUT2D eigenvalue weighted by molar-refractivity contribution is 5.99. The van der Waals surface area contributed by atoms with E-state index in [9.17, 15) is 9.59 Å². The number of carbonyl (C=O) groups is 1. The fraction of sp³-hybridized carbons (Fsp3) is 0.500. The molecule has 1 atom stereocenters. The van der Waals surface area contributed by atoms with Gasteiger partial charge in [-0.2, -0.15) is 5.10 Å². The zero-order valence-corrected chi connectivity index (χ0v) is 11.9. The number of nitrogens with zero attached hydrogens (tertiary/aromatic N) is 2. The summed E-state index contributed by atoms with van der Waals surface area (Å²) in [7, 11) is 0. The molecule has 0 saturated carbocycles. The SMILES string of the molecule is CCn1cc(C(=O)NC[C@H]2CCCO2)c2n[nH]c(=O)c-2c1. The van der Waals surface area contributed by atoms with Crippen LogP contribution in [0, 0.1) is 0 Å². The third-order valence-corrected chi connectivity index (χ3v) is 3.74. The van der Waals surface area contributed by atoms with Crippen LogP contribution in [-0.4, -0.2) is 39.9 Å². The molecule has 7 nitrogen and oxygen atoms in total. The predicted octanol–water partition coefficient (Wildman–Crippen LogP) is 0.605. The Morgan fingerprint density at radius 2 is 2.43 bits per heavy atom. The van der Waals surface area contributed by atoms with Crippen LogP contribution >= 0.6 is 0 Å². The minimum absolute atomic E-state index is 0.0840. The number of ether oxygens (including phenoxy) is 1. The van der Waals surface area contributed by atoms with E-state index in [1.807, 2.05) is 6.92 Å². The Morgan fingerprint density at radius 1 is 1.57 bits per heavy atom. The number of aryl methyl sites for hydroxylation is 1. The molecule has 21 heavy (non-hydrogen) atoms. The molecule has 0 aromatic rings. The molecule has 1 fully saturated rings. The van der Waals surface area contributed by atoms with Crippen LogP contribution in [0.15, 0.2) is 17.2 Å². The number of nitrogens with one attached hydrogen (secondary N) is 2. The van der Waals surface area contributed by atoms with Crippen molar-refractivity contribution in [2.24, 2.45) is 0 Å². The summed E-state index contributed by atoms with van der Waals surface area (Å²) >= 11 is 0. The average Bonchev–Trinajstić information content (AvgIpc) is 3.14. The Labute approximate surface area is 121 Å². The Bertz CT molecular complexity index is 669. The molecule has 3 aliphatic heterocycles. The molecule has 0 bridgehead atoms. The van der Waals surface area contributed by atoms with Crippen molar-refractivity contribution >= 4 is 5.91 Å². The molecular weight excluding hydrogens is 272 g/mol. The van der Waals surface area contributed by atoms with Crippen molar-refractivity contribution in [2.45, 2.75) is 32.4 Å². The number of hydrogen-bond donors (Lipinski definition) is 2. The molecule has 0 radical (unpaired) electrons. The van der Waals surface area contributed by atoms with Crippen LogP contribution in [0.1, 0.15) is 30.1 Å². The maximum atomic E-state index is 12.4. The molecule has 0 aromatic carbocycles. The minimum atomic E-state index is -0.277. The van der Waals surface area contributed by atoms with Crippen molar-refractivity contribution in [3.63, 3.8) is 0 Å². The second-order valence-corrected chi connectivity index (χ2v) is 5.16. The van der Waals surface area contributed by atoms with Gasteiger partial charge in [0.1, 0.15) is 5.69 Å². The monoisotopic (exact) mass is 290 g/mol. The quantitative estimate of drug-likeness (QED) is 0.863. The Kier molecular flexibility index (Phi) is 3.74. The molecule has 112 valence electrons. The molecule has 3 aliphatic rings. The van der Waals surface area contributed by atoms with Crippen LogP contribution in [0.4, 0.5) is 0 Å². The summed E-state index contributed by atoms with van der Waals surface area (Å²) in [6.45, 7) is 3.86. The van der Waals surface area contributed by atoms with Gasteiger partial charge in [0.05, 0.1) is 17.2 Å². The molecule has 1 saturated heterocycles. The number of fused-ring (bicyclic) bond motifs is 1. The highest BCUT2D eigenvalue weighted by Crippen LogP contribution is 2.20. The Balaban J connectivity index is 1.84. The number of aromatic amines is 1. The average molecular weight is 290 g/mol. The summed E-state index contributed by atoms with van der Waals surface area (Å²) in [6.07, 6.45) is 5.50. The van der Waals surface area contributed by atoms with Crippen LogP contribution in [0.2, 0.25) is 0 Å². The van der Waals surface area contributed by atoms with E-state index in [4.69, 9.17) is 4.74 Å². The van der Waals surface area contributed by atoms with Crippen molar-refractivity contribution in [1.82, 2.24) is 20.1 Å². The molecule has 2 N–H and O–H groups in total. The number of aromatic nitrogens is 3. The number of hydrogen-bond acceptors (Lipinski definition) is 4. The minimum Gasteiger partial charge on any atom is -0.376 e. The second-order valence-electron chi connectivity index (χ2n) is 5.16. The summed E-state index contributed by atoms with van der Waals surface area (Å²) in [5.41, 5.74) is 0.975. The fourth-order valence-corrected chi connectivity index (χ4v) is 2.55. The highest BCUT2D eigenvalue weighted by Gasteiger charge is 2.22. The van der Waals surface area contributed by atoms with Crippen molar-refractivity contribution in [3.8, 4) is 11.3 Å². The van der Waals surface area contributed by atoms with Crippen LogP contribution < -0.4 is 10.9 Å². The molecular formula is C14H18N4O3. The third kappa shape index (κ3) is 2.69. The summed E-state index contributed by atoms with van der Waals surface area (Å²) < 4.78 is 7.29. The van der Waals surface area contributed by atoms with E-state index in [-0.39, 0.29) is 17.6 Å². The summed E-state index contributed by atoms with van der Waals surface area (Å²) in [4.78, 5) is 24.1. The van der Waals surface area contributed by atoms with Crippen molar-refractivity contribution < 1.29 is 9.53 Å². The second kappa shape index (κ2) is 5.69. The lowest BCUT2D eigenvalue weighted by Crippen LogP contribution is -2.32. The molecule has 0 unspecified atom stereocenters. The smallest absolute Gasteiger partial charge is 0.275 e. The van der Waals surface area contributed by atoms with Gasteiger partial charge in [0, 0.05) is 32.1 Å². The van der Waals surface area contributed by atoms with Crippen LogP contribution in [0.5, 0.6) is 0 Å². The van der Waals surface area contributed by atoms with Gasteiger partial charge >= 0.3 is 0 Å². The van der Waals surface area contributed by atoms with Gasteiger partial charge in [-0.3, -0.25) is 9.59 Å². The van der Waals surface area contributed by atoms with E-state index in [0.29, 0.717) is 29.9 Å². The molecule has 0 spiro atoms. The zero-order chi connectivity index (χ0) is 14.8. The summed E-state index contributed by atoms with van der Waals surface area (Å²) in [6, 6.07) is 0. The van der Waals surface area contributed by atoms with Crippen LogP contribution in [-0.2, 0) is 11.3 Å². The molecule has 0 aliphatic carbocycles. The van der Waals surface area contributed by atoms with Crippen molar-refractivity contribution in [1.29, 1.82) is 0 Å². The Hall–Kier alpha value is -2.15. The first-order valence-corrected chi connectivity index (χ1v) is 7.17. The van der Waals surface area contributed by atoms with Gasteiger partial charge in [0.15, 0.2) is 0 Å². The molecule has 3 rings (SSSR count). The highest BCUT2D eigenvalue weighted by atomic mass is 16.5. The topological polar surface area (TPSA) is 89.0 Å². The third-order valence-electron chi connectivity index (χ3n) is 3.74. The van der Waals surface area contributed by atoms with Gasteiger partial charge in [0.25, 0.3) is 11.5 Å². The number of amides is 1. The Morgan fingerprint density at radius 3 is 3.14 bits per heavy atom. The maximum absolute atomic E-state index is 12.4. The van der Waals surface area contributed by atoms with E-state index in [2.05, 4.69) is 15.5 Å². The van der Waals surface area contributed by atoms with Gasteiger partial charge in [-0.05, 0) is 19.8 Å². The number of pyridine rings is 1. The van der Waals surface area contributed by atoms with Gasteiger partial charge in [-0.15, -0.1) is 0 Å². The summed E-state index contributed by atoms with van der Waals surface area (Å²) in [5.74, 6) is -0.232. The largest absolute Gasteiger partial charge is 0.376 e. The predicted molar refractivity (Wildman–Crippen MR) is 76.5 cm³/mol. The number of carbonyl (C=O) groups excluding carboxylic acids is 1. The summed E-state index contributed by atoms with van der Waals surface area (Å²) in [5, 5.41) is 9.21. The molecule has 3 heterocycles. The molecule has 7 heteroatoms. The standard InChI is InChI=1S/C14H18N4O3/c1-2-18-7-10(12-11(8-18)14(20)17-16-12)13(19)15-6-9-4-3-5-21-9/h7-9H,2-6H2,1H3,(H,15,19)(H,17,20)/t9-/m1/s1. The first-order valence-electron chi connectivity index (χ1n) is 7.17. The van der Waals surface area contributed by atoms with E-state index >= 15 is 0 Å². The molecule has 1 amide bonds. The van der Waals surface area contributed by atoms with E-state index in [1.54, 1.807) is 17.0 Å². The van der Waals surface area contributed by atoms with Crippen molar-refractivity contribution in [2.75, 3.05) is 13.2 Å².